The molecule has 0 aromatic carbocycles. The third-order valence-corrected chi connectivity index (χ3v) is 3.46. The Bertz CT molecular complexity index is 352. The lowest BCUT2D eigenvalue weighted by molar-refractivity contribution is -0.121. The Morgan fingerprint density at radius 3 is 2.26 bits per heavy atom. The van der Waals surface area contributed by atoms with Crippen LogP contribution in [0.1, 0.15) is 51.4 Å². The molecule has 5 nitrogen and oxygen atoms in total. The molecule has 0 aliphatic rings. The molecule has 0 saturated heterocycles. The van der Waals surface area contributed by atoms with Crippen molar-refractivity contribution in [3.8, 4) is 0 Å². The highest BCUT2D eigenvalue weighted by Crippen LogP contribution is 2.08. The molecule has 0 saturated carbocycles. The molecule has 0 heterocycles. The van der Waals surface area contributed by atoms with Crippen LogP contribution in [0.4, 0.5) is 0 Å². The monoisotopic (exact) mass is 291 g/mol. The van der Waals surface area contributed by atoms with Gasteiger partial charge in [0.2, 0.25) is 5.91 Å². The van der Waals surface area contributed by atoms with Crippen LogP contribution in [0, 0.1) is 0 Å². The zero-order valence-electron chi connectivity index (χ0n) is 11.4. The number of nitrogens with one attached hydrogen (secondary N) is 1. The molecule has 112 valence electrons. The van der Waals surface area contributed by atoms with Gasteiger partial charge < -0.3 is 5.32 Å². The molecule has 0 aromatic rings. The zero-order valence-corrected chi connectivity index (χ0v) is 12.3. The third kappa shape index (κ3) is 15.1. The first-order valence-electron chi connectivity index (χ1n) is 6.78. The first-order chi connectivity index (χ1) is 8.95. The summed E-state index contributed by atoms with van der Waals surface area (Å²) in [6.07, 6.45) is 9.92. The van der Waals surface area contributed by atoms with Gasteiger partial charge in [-0.3, -0.25) is 9.35 Å². The maximum Gasteiger partial charge on any atom is 0.266 e. The van der Waals surface area contributed by atoms with Crippen LogP contribution >= 0.6 is 0 Å². The summed E-state index contributed by atoms with van der Waals surface area (Å²) < 4.78 is 29.3. The first kappa shape index (κ1) is 18.1. The molecule has 19 heavy (non-hydrogen) atoms. The first-order valence-corrected chi connectivity index (χ1v) is 8.39. The van der Waals surface area contributed by atoms with E-state index in [1.54, 1.807) is 0 Å². The van der Waals surface area contributed by atoms with Gasteiger partial charge in [0.15, 0.2) is 0 Å². The molecule has 0 bridgehead atoms. The van der Waals surface area contributed by atoms with Crippen molar-refractivity contribution in [2.24, 2.45) is 0 Å². The number of unbranched alkanes of at least 4 members (excludes halogenated alkanes) is 6. The van der Waals surface area contributed by atoms with Gasteiger partial charge in [-0.15, -0.1) is 6.58 Å². The van der Waals surface area contributed by atoms with Crippen molar-refractivity contribution in [1.29, 1.82) is 0 Å². The van der Waals surface area contributed by atoms with E-state index in [-0.39, 0.29) is 12.5 Å². The Balaban J connectivity index is 3.32. The molecule has 0 unspecified atom stereocenters. The van der Waals surface area contributed by atoms with Crippen LogP contribution in [0.5, 0.6) is 0 Å². The quantitative estimate of drug-likeness (QED) is 0.328. The maximum atomic E-state index is 11.3. The fourth-order valence-electron chi connectivity index (χ4n) is 1.69. The standard InChI is InChI=1S/C13H25NO4S/c1-2-3-4-5-6-7-8-9-10-13(15)14-11-12-19(16,17)18/h2H,1,3-12H2,(H,14,15)(H,16,17,18). The van der Waals surface area contributed by atoms with Gasteiger partial charge >= 0.3 is 0 Å². The average Bonchev–Trinajstić information content (AvgIpc) is 2.31. The van der Waals surface area contributed by atoms with E-state index in [1.807, 2.05) is 6.08 Å². The van der Waals surface area contributed by atoms with Crippen molar-refractivity contribution in [1.82, 2.24) is 5.32 Å². The second-order valence-electron chi connectivity index (χ2n) is 4.58. The summed E-state index contributed by atoms with van der Waals surface area (Å²) in [4.78, 5) is 11.3. The van der Waals surface area contributed by atoms with Gasteiger partial charge in [0.05, 0.1) is 5.75 Å². The molecule has 0 aliphatic carbocycles. The Kier molecular flexibility index (Phi) is 10.5. The van der Waals surface area contributed by atoms with E-state index < -0.39 is 15.9 Å². The summed E-state index contributed by atoms with van der Waals surface area (Å²) in [6.45, 7) is 3.64. The minimum absolute atomic E-state index is 0.0286. The summed E-state index contributed by atoms with van der Waals surface area (Å²) in [5, 5.41) is 2.47. The van der Waals surface area contributed by atoms with Crippen LogP contribution in [-0.4, -0.2) is 31.2 Å². The van der Waals surface area contributed by atoms with Crippen molar-refractivity contribution in [3.63, 3.8) is 0 Å². The van der Waals surface area contributed by atoms with E-state index in [4.69, 9.17) is 4.55 Å². The molecular weight excluding hydrogens is 266 g/mol. The van der Waals surface area contributed by atoms with Gasteiger partial charge in [0.1, 0.15) is 0 Å². The van der Waals surface area contributed by atoms with Crippen molar-refractivity contribution in [2.75, 3.05) is 12.3 Å². The molecule has 2 N–H and O–H groups in total. The summed E-state index contributed by atoms with van der Waals surface area (Å²) in [7, 11) is -3.98. The van der Waals surface area contributed by atoms with E-state index in [9.17, 15) is 13.2 Å². The van der Waals surface area contributed by atoms with Gasteiger partial charge in [-0.1, -0.05) is 31.8 Å². The summed E-state index contributed by atoms with van der Waals surface area (Å²) in [5.41, 5.74) is 0. The molecular formula is C13H25NO4S. The number of carbonyl (C=O) groups excluding carboxylic acids is 1. The van der Waals surface area contributed by atoms with Gasteiger partial charge in [-0.05, 0) is 19.3 Å². The van der Waals surface area contributed by atoms with Gasteiger partial charge in [0.25, 0.3) is 10.1 Å². The Morgan fingerprint density at radius 1 is 1.11 bits per heavy atom. The maximum absolute atomic E-state index is 11.3. The second kappa shape index (κ2) is 11.0. The highest BCUT2D eigenvalue weighted by molar-refractivity contribution is 7.85. The number of amides is 1. The fraction of sp³-hybridized carbons (Fsp3) is 0.769. The molecule has 0 rings (SSSR count). The number of hydrogen-bond acceptors (Lipinski definition) is 3. The molecule has 0 spiro atoms. The molecule has 6 heteroatoms. The van der Waals surface area contributed by atoms with Crippen LogP contribution in [0.15, 0.2) is 12.7 Å². The van der Waals surface area contributed by atoms with Crippen molar-refractivity contribution in [3.05, 3.63) is 12.7 Å². The van der Waals surface area contributed by atoms with E-state index >= 15 is 0 Å². The van der Waals surface area contributed by atoms with E-state index in [1.165, 1.54) is 19.3 Å². The lowest BCUT2D eigenvalue weighted by Gasteiger charge is -2.04. The Hall–Kier alpha value is -0.880. The molecule has 0 atom stereocenters. The van der Waals surface area contributed by atoms with Gasteiger partial charge in [-0.2, -0.15) is 8.42 Å². The SMILES string of the molecule is C=CCCCCCCCCC(=O)NCCS(=O)(=O)O. The Labute approximate surface area is 116 Å². The smallest absolute Gasteiger partial charge is 0.266 e. The van der Waals surface area contributed by atoms with Crippen LogP contribution in [-0.2, 0) is 14.9 Å². The largest absolute Gasteiger partial charge is 0.355 e. The minimum Gasteiger partial charge on any atom is -0.355 e. The lowest BCUT2D eigenvalue weighted by Crippen LogP contribution is -2.28. The Morgan fingerprint density at radius 2 is 1.68 bits per heavy atom. The van der Waals surface area contributed by atoms with Gasteiger partial charge in [-0.25, -0.2) is 0 Å². The average molecular weight is 291 g/mol. The summed E-state index contributed by atoms with van der Waals surface area (Å²) in [6, 6.07) is 0. The number of carbonyl (C=O) groups is 1. The van der Waals surface area contributed by atoms with Gasteiger partial charge in [0, 0.05) is 13.0 Å². The number of rotatable bonds is 12. The van der Waals surface area contributed by atoms with Crippen LogP contribution in [0.3, 0.4) is 0 Å². The van der Waals surface area contributed by atoms with Crippen LogP contribution in [0.2, 0.25) is 0 Å². The lowest BCUT2D eigenvalue weighted by atomic mass is 10.1. The second-order valence-corrected chi connectivity index (χ2v) is 6.16. The van der Waals surface area contributed by atoms with Crippen molar-refractivity contribution < 1.29 is 17.8 Å². The molecule has 0 aliphatic heterocycles. The highest BCUT2D eigenvalue weighted by Gasteiger charge is 2.05. The van der Waals surface area contributed by atoms with Crippen LogP contribution in [0.25, 0.3) is 0 Å². The van der Waals surface area contributed by atoms with E-state index in [0.717, 1.165) is 25.7 Å². The summed E-state index contributed by atoms with van der Waals surface area (Å²) in [5.74, 6) is -0.586. The third-order valence-electron chi connectivity index (χ3n) is 2.74. The predicted octanol–water partition coefficient (Wildman–Crippen LogP) is 2.30. The number of allylic oxidation sites excluding steroid dienone is 1. The van der Waals surface area contributed by atoms with Crippen molar-refractivity contribution >= 4 is 16.0 Å². The molecule has 0 radical (unpaired) electrons. The van der Waals surface area contributed by atoms with Crippen LogP contribution < -0.4 is 5.32 Å². The topological polar surface area (TPSA) is 83.5 Å². The highest BCUT2D eigenvalue weighted by atomic mass is 32.2. The summed E-state index contributed by atoms with van der Waals surface area (Å²) >= 11 is 0. The minimum atomic E-state index is -3.98. The van der Waals surface area contributed by atoms with E-state index in [0.29, 0.717) is 6.42 Å². The fourth-order valence-corrected chi connectivity index (χ4v) is 2.05. The molecule has 0 fully saturated rings. The van der Waals surface area contributed by atoms with E-state index in [2.05, 4.69) is 11.9 Å². The normalized spacial score (nSPS) is 11.2. The molecule has 1 amide bonds. The predicted molar refractivity (Wildman–Crippen MR) is 76.6 cm³/mol. The molecule has 0 aromatic heterocycles. The zero-order chi connectivity index (χ0) is 14.6. The van der Waals surface area contributed by atoms with Crippen molar-refractivity contribution in [2.45, 2.75) is 51.4 Å². The number of hydrogen-bond donors (Lipinski definition) is 2.